The Morgan fingerprint density at radius 1 is 0.917 bits per heavy atom. The van der Waals surface area contributed by atoms with Crippen LogP contribution in [0.4, 0.5) is 5.69 Å². The highest BCUT2D eigenvalue weighted by atomic mass is 32.2. The average Bonchev–Trinajstić information content (AvgIpc) is 2.86. The van der Waals surface area contributed by atoms with Crippen LogP contribution in [0.3, 0.4) is 0 Å². The standard InChI is InChI=1S/C28H36N2O5S/c1-28(2,3)35-27(31)29(4)19-12-20-30(36(32,33)24-15-10-7-11-16-24)26-18-17-23(34-5)21-25(26)22-13-8-6-9-14-22/h6-11,13-18,21,27,31H,12,19-20H2,1-5H3. The van der Waals surface area contributed by atoms with E-state index in [0.717, 1.165) is 11.1 Å². The Morgan fingerprint density at radius 3 is 2.11 bits per heavy atom. The molecule has 7 nitrogen and oxygen atoms in total. The Morgan fingerprint density at radius 2 is 1.53 bits per heavy atom. The third kappa shape index (κ3) is 7.07. The van der Waals surface area contributed by atoms with Gasteiger partial charge in [0.1, 0.15) is 5.75 Å². The molecule has 36 heavy (non-hydrogen) atoms. The molecule has 0 aliphatic rings. The van der Waals surface area contributed by atoms with Gasteiger partial charge in [0.05, 0.1) is 23.3 Å². The van der Waals surface area contributed by atoms with Crippen LogP contribution in [0, 0.1) is 0 Å². The summed E-state index contributed by atoms with van der Waals surface area (Å²) in [6, 6.07) is 23.5. The normalized spacial score (nSPS) is 13.0. The lowest BCUT2D eigenvalue weighted by Gasteiger charge is -2.31. The fraction of sp³-hybridized carbons (Fsp3) is 0.357. The molecule has 3 rings (SSSR count). The third-order valence-electron chi connectivity index (χ3n) is 5.60. The van der Waals surface area contributed by atoms with Crippen LogP contribution in [0.25, 0.3) is 11.1 Å². The van der Waals surface area contributed by atoms with Crippen molar-refractivity contribution in [3.63, 3.8) is 0 Å². The predicted molar refractivity (Wildman–Crippen MR) is 143 cm³/mol. The molecule has 0 spiro atoms. The van der Waals surface area contributed by atoms with Crippen LogP contribution in [0.15, 0.2) is 83.8 Å². The SMILES string of the molecule is COc1ccc(N(CCCN(C)C(O)OC(C)(C)C)S(=O)(=O)c2ccccc2)c(-c2ccccc2)c1. The molecule has 0 aliphatic carbocycles. The zero-order valence-electron chi connectivity index (χ0n) is 21.6. The molecular formula is C28H36N2O5S. The minimum atomic E-state index is -3.87. The molecule has 0 aliphatic heterocycles. The first-order valence-electron chi connectivity index (χ1n) is 11.9. The Hall–Kier alpha value is -2.91. The molecule has 1 unspecified atom stereocenters. The number of benzene rings is 3. The van der Waals surface area contributed by atoms with Gasteiger partial charge < -0.3 is 14.6 Å². The minimum Gasteiger partial charge on any atom is -0.497 e. The largest absolute Gasteiger partial charge is 0.497 e. The van der Waals surface area contributed by atoms with E-state index in [2.05, 4.69) is 0 Å². The lowest BCUT2D eigenvalue weighted by atomic mass is 10.0. The molecule has 8 heteroatoms. The lowest BCUT2D eigenvalue weighted by Crippen LogP contribution is -2.41. The van der Waals surface area contributed by atoms with Gasteiger partial charge in [0.15, 0.2) is 0 Å². The van der Waals surface area contributed by atoms with Crippen molar-refractivity contribution in [2.24, 2.45) is 0 Å². The number of ether oxygens (including phenoxy) is 2. The average molecular weight is 513 g/mol. The molecule has 0 saturated carbocycles. The first-order valence-corrected chi connectivity index (χ1v) is 13.3. The number of hydrogen-bond acceptors (Lipinski definition) is 6. The fourth-order valence-electron chi connectivity index (χ4n) is 3.78. The molecule has 194 valence electrons. The summed E-state index contributed by atoms with van der Waals surface area (Å²) in [7, 11) is -0.539. The van der Waals surface area contributed by atoms with E-state index < -0.39 is 22.0 Å². The summed E-state index contributed by atoms with van der Waals surface area (Å²) in [4.78, 5) is 1.87. The van der Waals surface area contributed by atoms with Gasteiger partial charge in [0.25, 0.3) is 10.0 Å². The zero-order valence-corrected chi connectivity index (χ0v) is 22.4. The predicted octanol–water partition coefficient (Wildman–Crippen LogP) is 4.97. The molecule has 3 aromatic rings. The Bertz CT molecular complexity index is 1210. The maximum Gasteiger partial charge on any atom is 0.264 e. The van der Waals surface area contributed by atoms with Gasteiger partial charge in [-0.15, -0.1) is 0 Å². The molecule has 0 heterocycles. The molecule has 0 saturated heterocycles. The molecule has 3 aromatic carbocycles. The van der Waals surface area contributed by atoms with Gasteiger partial charge in [-0.1, -0.05) is 48.5 Å². The number of hydrogen-bond donors (Lipinski definition) is 1. The van der Waals surface area contributed by atoms with Crippen LogP contribution in [-0.4, -0.2) is 57.7 Å². The van der Waals surface area contributed by atoms with E-state index in [-0.39, 0.29) is 11.4 Å². The Balaban J connectivity index is 1.98. The molecule has 0 radical (unpaired) electrons. The van der Waals surface area contributed by atoms with Gasteiger partial charge in [-0.3, -0.25) is 9.21 Å². The molecular weight excluding hydrogens is 476 g/mol. The van der Waals surface area contributed by atoms with Gasteiger partial charge in [-0.05, 0) is 70.1 Å². The molecule has 0 amide bonds. The molecule has 0 aromatic heterocycles. The molecule has 1 atom stereocenters. The topological polar surface area (TPSA) is 79.3 Å². The summed E-state index contributed by atoms with van der Waals surface area (Å²) in [5.41, 5.74) is 1.68. The van der Waals surface area contributed by atoms with Crippen molar-refractivity contribution in [3.8, 4) is 16.9 Å². The van der Waals surface area contributed by atoms with Crippen LogP contribution >= 0.6 is 0 Å². The maximum atomic E-state index is 13.9. The van der Waals surface area contributed by atoms with E-state index in [9.17, 15) is 13.5 Å². The highest BCUT2D eigenvalue weighted by molar-refractivity contribution is 7.92. The number of aliphatic hydroxyl groups is 1. The van der Waals surface area contributed by atoms with Crippen LogP contribution in [0.5, 0.6) is 5.75 Å². The van der Waals surface area contributed by atoms with E-state index in [1.54, 1.807) is 61.5 Å². The van der Waals surface area contributed by atoms with Crippen molar-refractivity contribution in [1.29, 1.82) is 0 Å². The van der Waals surface area contributed by atoms with Gasteiger partial charge in [-0.25, -0.2) is 8.42 Å². The van der Waals surface area contributed by atoms with Gasteiger partial charge in [0.2, 0.25) is 6.41 Å². The van der Waals surface area contributed by atoms with Crippen molar-refractivity contribution < 1.29 is 23.0 Å². The van der Waals surface area contributed by atoms with E-state index in [4.69, 9.17) is 9.47 Å². The first kappa shape index (κ1) is 27.7. The Kier molecular flexibility index (Phi) is 9.13. The summed E-state index contributed by atoms with van der Waals surface area (Å²) in [5.74, 6) is 0.636. The second kappa shape index (κ2) is 11.9. The van der Waals surface area contributed by atoms with Crippen LogP contribution < -0.4 is 9.04 Å². The highest BCUT2D eigenvalue weighted by Crippen LogP contribution is 2.37. The number of rotatable bonds is 11. The second-order valence-electron chi connectivity index (χ2n) is 9.53. The summed E-state index contributed by atoms with van der Waals surface area (Å²) in [5, 5.41) is 10.4. The first-order chi connectivity index (χ1) is 17.0. The van der Waals surface area contributed by atoms with Crippen molar-refractivity contribution in [3.05, 3.63) is 78.9 Å². The van der Waals surface area contributed by atoms with Crippen LogP contribution in [0.1, 0.15) is 27.2 Å². The summed E-state index contributed by atoms with van der Waals surface area (Å²) >= 11 is 0. The molecule has 0 fully saturated rings. The fourth-order valence-corrected chi connectivity index (χ4v) is 5.32. The highest BCUT2D eigenvalue weighted by Gasteiger charge is 2.28. The van der Waals surface area contributed by atoms with E-state index >= 15 is 0 Å². The summed E-state index contributed by atoms with van der Waals surface area (Å²) in [6.07, 6.45) is -0.627. The summed E-state index contributed by atoms with van der Waals surface area (Å²) < 4.78 is 40.2. The quantitative estimate of drug-likeness (QED) is 0.366. The number of nitrogens with zero attached hydrogens (tertiary/aromatic N) is 2. The lowest BCUT2D eigenvalue weighted by molar-refractivity contribution is -0.232. The van der Waals surface area contributed by atoms with Gasteiger partial charge in [0, 0.05) is 18.7 Å². The minimum absolute atomic E-state index is 0.204. The monoisotopic (exact) mass is 512 g/mol. The van der Waals surface area contributed by atoms with Crippen molar-refractivity contribution in [1.82, 2.24) is 4.90 Å². The van der Waals surface area contributed by atoms with Crippen molar-refractivity contribution in [2.75, 3.05) is 31.6 Å². The maximum absolute atomic E-state index is 13.9. The smallest absolute Gasteiger partial charge is 0.264 e. The second-order valence-corrected chi connectivity index (χ2v) is 11.4. The van der Waals surface area contributed by atoms with Crippen molar-refractivity contribution >= 4 is 15.7 Å². The number of methoxy groups -OCH3 is 1. The van der Waals surface area contributed by atoms with Gasteiger partial charge >= 0.3 is 0 Å². The van der Waals surface area contributed by atoms with E-state index in [1.165, 1.54) is 4.31 Å². The van der Waals surface area contributed by atoms with Crippen LogP contribution in [0.2, 0.25) is 0 Å². The number of anilines is 1. The van der Waals surface area contributed by atoms with Crippen LogP contribution in [-0.2, 0) is 14.8 Å². The van der Waals surface area contributed by atoms with Crippen molar-refractivity contribution in [2.45, 2.75) is 44.1 Å². The third-order valence-corrected chi connectivity index (χ3v) is 7.42. The summed E-state index contributed by atoms with van der Waals surface area (Å²) in [6.45, 7) is 6.23. The molecule has 0 bridgehead atoms. The van der Waals surface area contributed by atoms with E-state index in [0.29, 0.717) is 24.4 Å². The zero-order chi connectivity index (χ0) is 26.3. The number of sulfonamides is 1. The number of aliphatic hydroxyl groups excluding tert-OH is 1. The van der Waals surface area contributed by atoms with Gasteiger partial charge in [-0.2, -0.15) is 0 Å². The van der Waals surface area contributed by atoms with E-state index in [1.807, 2.05) is 57.2 Å². The Labute approximate surface area is 214 Å². The molecule has 1 N–H and O–H groups in total.